The molecular formula is C13H18N4O4S. The molecule has 2 aliphatic heterocycles. The van der Waals surface area contributed by atoms with E-state index in [1.165, 1.54) is 4.31 Å². The second kappa shape index (κ2) is 5.27. The Balaban J connectivity index is 1.94. The van der Waals surface area contributed by atoms with E-state index in [0.29, 0.717) is 6.67 Å². The first-order chi connectivity index (χ1) is 10.3. The standard InChI is InChI=1S/C13H18N4O4S/c1-11-2-4-12(5-3-11)22(20,21)16-8-13(17(18)19)6-14-9-15(7-13)10-16/h2-5,14H,6-10H2,1H3. The first kappa shape index (κ1) is 15.3. The number of benzene rings is 1. The van der Waals surface area contributed by atoms with E-state index >= 15 is 0 Å². The highest BCUT2D eigenvalue weighted by molar-refractivity contribution is 7.89. The van der Waals surface area contributed by atoms with Crippen LogP contribution in [0.2, 0.25) is 0 Å². The SMILES string of the molecule is Cc1ccc(S(=O)(=O)N2CN3CNCC([N+](=O)[O-])(C3)C2)cc1. The third-order valence-corrected chi connectivity index (χ3v) is 5.97. The zero-order valence-corrected chi connectivity index (χ0v) is 13.0. The predicted octanol–water partition coefficient (Wildman–Crippen LogP) is -0.165. The van der Waals surface area contributed by atoms with Crippen LogP contribution >= 0.6 is 0 Å². The number of fused-ring (bicyclic) bond motifs is 2. The molecule has 2 saturated heterocycles. The fourth-order valence-electron chi connectivity index (χ4n) is 2.98. The minimum atomic E-state index is -3.73. The molecule has 120 valence electrons. The lowest BCUT2D eigenvalue weighted by molar-refractivity contribution is -0.574. The molecule has 0 radical (unpaired) electrons. The number of hydrogen-bond acceptors (Lipinski definition) is 6. The van der Waals surface area contributed by atoms with Crippen molar-refractivity contribution < 1.29 is 13.3 Å². The van der Waals surface area contributed by atoms with Crippen LogP contribution in [-0.4, -0.2) is 61.1 Å². The molecule has 0 aliphatic carbocycles. The Morgan fingerprint density at radius 3 is 2.59 bits per heavy atom. The Morgan fingerprint density at radius 1 is 1.27 bits per heavy atom. The smallest absolute Gasteiger partial charge is 0.260 e. The summed E-state index contributed by atoms with van der Waals surface area (Å²) >= 11 is 0. The third kappa shape index (κ3) is 2.50. The molecule has 1 N–H and O–H groups in total. The molecule has 1 aromatic carbocycles. The van der Waals surface area contributed by atoms with Gasteiger partial charge in [-0.15, -0.1) is 0 Å². The van der Waals surface area contributed by atoms with E-state index in [0.717, 1.165) is 5.56 Å². The number of nitrogens with one attached hydrogen (secondary N) is 1. The summed E-state index contributed by atoms with van der Waals surface area (Å²) in [4.78, 5) is 13.0. The van der Waals surface area contributed by atoms with Gasteiger partial charge in [0.05, 0.1) is 31.2 Å². The largest absolute Gasteiger partial charge is 0.297 e. The molecule has 2 bridgehead atoms. The van der Waals surface area contributed by atoms with Gasteiger partial charge < -0.3 is 0 Å². The second-order valence-electron chi connectivity index (χ2n) is 5.96. The molecule has 2 aliphatic rings. The number of rotatable bonds is 3. The van der Waals surface area contributed by atoms with Crippen LogP contribution in [0.3, 0.4) is 0 Å². The monoisotopic (exact) mass is 326 g/mol. The number of nitro groups is 1. The second-order valence-corrected chi connectivity index (χ2v) is 7.90. The summed E-state index contributed by atoms with van der Waals surface area (Å²) in [6, 6.07) is 6.54. The fourth-order valence-corrected chi connectivity index (χ4v) is 4.49. The predicted molar refractivity (Wildman–Crippen MR) is 79.2 cm³/mol. The zero-order valence-electron chi connectivity index (χ0n) is 12.2. The number of aryl methyl sites for hydroxylation is 1. The molecule has 0 amide bonds. The van der Waals surface area contributed by atoms with Crippen molar-refractivity contribution in [2.24, 2.45) is 0 Å². The quantitative estimate of drug-likeness (QED) is 0.612. The molecular weight excluding hydrogens is 308 g/mol. The molecule has 0 spiro atoms. The van der Waals surface area contributed by atoms with Crippen molar-refractivity contribution in [3.8, 4) is 0 Å². The van der Waals surface area contributed by atoms with Crippen molar-refractivity contribution in [1.29, 1.82) is 0 Å². The highest BCUT2D eigenvalue weighted by Crippen LogP contribution is 2.27. The van der Waals surface area contributed by atoms with Gasteiger partial charge in [0.1, 0.15) is 0 Å². The Bertz CT molecular complexity index is 690. The molecule has 2 unspecified atom stereocenters. The summed E-state index contributed by atoms with van der Waals surface area (Å²) in [7, 11) is -3.73. The first-order valence-corrected chi connectivity index (χ1v) is 8.42. The topological polar surface area (TPSA) is 95.8 Å². The Kier molecular flexibility index (Phi) is 3.68. The van der Waals surface area contributed by atoms with Gasteiger partial charge in [-0.3, -0.25) is 20.3 Å². The van der Waals surface area contributed by atoms with Crippen molar-refractivity contribution in [3.63, 3.8) is 0 Å². The van der Waals surface area contributed by atoms with Gasteiger partial charge in [0.15, 0.2) is 0 Å². The number of hydrogen-bond donors (Lipinski definition) is 1. The lowest BCUT2D eigenvalue weighted by Gasteiger charge is -2.45. The van der Waals surface area contributed by atoms with Gasteiger partial charge >= 0.3 is 0 Å². The summed E-state index contributed by atoms with van der Waals surface area (Å²) in [6.45, 7) is 2.83. The number of nitrogens with zero attached hydrogens (tertiary/aromatic N) is 3. The summed E-state index contributed by atoms with van der Waals surface area (Å²) in [5.74, 6) is 0. The third-order valence-electron chi connectivity index (χ3n) is 4.18. The van der Waals surface area contributed by atoms with Gasteiger partial charge in [0, 0.05) is 11.6 Å². The van der Waals surface area contributed by atoms with Crippen LogP contribution in [0.5, 0.6) is 0 Å². The molecule has 0 saturated carbocycles. The van der Waals surface area contributed by atoms with E-state index in [2.05, 4.69) is 5.32 Å². The van der Waals surface area contributed by atoms with Gasteiger partial charge in [-0.25, -0.2) is 8.42 Å². The Morgan fingerprint density at radius 2 is 1.95 bits per heavy atom. The van der Waals surface area contributed by atoms with Gasteiger partial charge in [-0.05, 0) is 19.1 Å². The van der Waals surface area contributed by atoms with Gasteiger partial charge in [-0.2, -0.15) is 4.31 Å². The Labute approximate surface area is 128 Å². The average Bonchev–Trinajstić information content (AvgIpc) is 2.47. The fraction of sp³-hybridized carbons (Fsp3) is 0.538. The van der Waals surface area contributed by atoms with Crippen LogP contribution in [0.25, 0.3) is 0 Å². The zero-order chi connectivity index (χ0) is 16.0. The van der Waals surface area contributed by atoms with Gasteiger partial charge in [0.2, 0.25) is 10.0 Å². The lowest BCUT2D eigenvalue weighted by Crippen LogP contribution is -2.72. The van der Waals surface area contributed by atoms with Crippen molar-refractivity contribution >= 4 is 10.0 Å². The lowest BCUT2D eigenvalue weighted by atomic mass is 9.96. The summed E-state index contributed by atoms with van der Waals surface area (Å²) < 4.78 is 26.7. The van der Waals surface area contributed by atoms with Crippen LogP contribution in [0, 0.1) is 17.0 Å². The normalized spacial score (nSPS) is 29.2. The summed E-state index contributed by atoms with van der Waals surface area (Å²) in [6.07, 6.45) is 0. The van der Waals surface area contributed by atoms with Crippen LogP contribution in [0.15, 0.2) is 29.2 Å². The molecule has 22 heavy (non-hydrogen) atoms. The van der Waals surface area contributed by atoms with E-state index in [-0.39, 0.29) is 36.1 Å². The van der Waals surface area contributed by atoms with Crippen molar-refractivity contribution in [3.05, 3.63) is 39.9 Å². The molecule has 0 aromatic heterocycles. The summed E-state index contributed by atoms with van der Waals surface area (Å²) in [5, 5.41) is 14.4. The molecule has 3 rings (SSSR count). The van der Waals surface area contributed by atoms with E-state index in [4.69, 9.17) is 0 Å². The minimum absolute atomic E-state index is 0.111. The first-order valence-electron chi connectivity index (χ1n) is 6.98. The molecule has 1 aromatic rings. The van der Waals surface area contributed by atoms with Crippen molar-refractivity contribution in [1.82, 2.24) is 14.5 Å². The summed E-state index contributed by atoms with van der Waals surface area (Å²) in [5.41, 5.74) is -0.321. The Hall–Kier alpha value is -1.55. The maximum absolute atomic E-state index is 12.8. The maximum Gasteiger partial charge on any atom is 0.260 e. The molecule has 8 nitrogen and oxygen atoms in total. The van der Waals surface area contributed by atoms with E-state index in [1.807, 2.05) is 6.92 Å². The van der Waals surface area contributed by atoms with E-state index < -0.39 is 15.6 Å². The van der Waals surface area contributed by atoms with Crippen molar-refractivity contribution in [2.75, 3.05) is 33.0 Å². The van der Waals surface area contributed by atoms with Crippen LogP contribution in [0.4, 0.5) is 0 Å². The highest BCUT2D eigenvalue weighted by Gasteiger charge is 2.53. The van der Waals surface area contributed by atoms with E-state index in [9.17, 15) is 18.5 Å². The molecule has 9 heteroatoms. The number of sulfonamides is 1. The highest BCUT2D eigenvalue weighted by atomic mass is 32.2. The van der Waals surface area contributed by atoms with E-state index in [1.54, 1.807) is 29.2 Å². The van der Waals surface area contributed by atoms with Crippen LogP contribution in [-0.2, 0) is 10.0 Å². The average molecular weight is 326 g/mol. The minimum Gasteiger partial charge on any atom is -0.297 e. The maximum atomic E-state index is 12.8. The van der Waals surface area contributed by atoms with Crippen molar-refractivity contribution in [2.45, 2.75) is 17.4 Å². The molecule has 2 heterocycles. The van der Waals surface area contributed by atoms with Gasteiger partial charge in [-0.1, -0.05) is 17.7 Å². The van der Waals surface area contributed by atoms with Crippen LogP contribution < -0.4 is 5.32 Å². The van der Waals surface area contributed by atoms with Gasteiger partial charge in [0.25, 0.3) is 5.54 Å². The molecule has 2 atom stereocenters. The van der Waals surface area contributed by atoms with Crippen LogP contribution in [0.1, 0.15) is 5.56 Å². The molecule has 2 fully saturated rings.